The average molecular weight is 887 g/mol. The van der Waals surface area contributed by atoms with Crippen LogP contribution in [0.4, 0.5) is 0 Å². The molecule has 1 aliphatic carbocycles. The van der Waals surface area contributed by atoms with Gasteiger partial charge in [0.05, 0.1) is 24.5 Å². The second-order valence-corrected chi connectivity index (χ2v) is 24.0. The predicted molar refractivity (Wildman–Crippen MR) is 263 cm³/mol. The Kier molecular flexibility index (Phi) is 13.2. The number of likely N-dealkylation sites (tertiary alicyclic amines) is 2. The minimum absolute atomic E-state index is 0.0710. The van der Waals surface area contributed by atoms with Gasteiger partial charge in [0.1, 0.15) is 5.75 Å². The van der Waals surface area contributed by atoms with Crippen molar-refractivity contribution < 1.29 is 28.8 Å². The lowest BCUT2D eigenvalue weighted by Gasteiger charge is -2.46. The Morgan fingerprint density at radius 1 is 0.815 bits per heavy atom. The molecule has 2 N–H and O–H groups in total. The summed E-state index contributed by atoms with van der Waals surface area (Å²) < 4.78 is 14.2. The Bertz CT molecular complexity index is 2510. The summed E-state index contributed by atoms with van der Waals surface area (Å²) in [6.07, 6.45) is 6.05. The van der Waals surface area contributed by atoms with Gasteiger partial charge < -0.3 is 19.2 Å². The van der Waals surface area contributed by atoms with Crippen LogP contribution in [0.15, 0.2) is 144 Å². The third-order valence-corrected chi connectivity index (χ3v) is 19.9. The number of aromatic hydroxyl groups is 1. The number of hydrogen-bond acceptors (Lipinski definition) is 7. The van der Waals surface area contributed by atoms with Crippen LogP contribution in [-0.4, -0.2) is 79.0 Å². The molecule has 5 aromatic rings. The second kappa shape index (κ2) is 19.0. The highest BCUT2D eigenvalue weighted by Crippen LogP contribution is 2.52. The van der Waals surface area contributed by atoms with Crippen molar-refractivity contribution in [3.05, 3.63) is 155 Å². The van der Waals surface area contributed by atoms with E-state index in [1.807, 2.05) is 48.5 Å². The molecular weight excluding hydrogens is 824 g/mol. The molecular formula is C55H63BN2O6Si. The molecule has 0 unspecified atom stereocenters. The number of nitrogens with zero attached hydrogens (tertiary/aromatic N) is 2. The van der Waals surface area contributed by atoms with Crippen LogP contribution >= 0.6 is 0 Å². The van der Waals surface area contributed by atoms with Gasteiger partial charge in [-0.3, -0.25) is 19.4 Å². The van der Waals surface area contributed by atoms with Crippen molar-refractivity contribution in [3.8, 4) is 5.75 Å². The molecule has 2 amide bonds. The lowest BCUT2D eigenvalue weighted by Crippen LogP contribution is -2.66. The SMILES string of the molecule is CC/C(=C\c1ccc(O)c2ccccc12)CC[C@H]1OB(O)C[C@H]2C1=C(CO[Si](c1ccccc1)(c1ccccc1)C(C)(C)C)C[C@H]1C(=O)N(C3CCN(Cc4ccccc4)CC3)C(=O)[C@H]12. The third-order valence-electron chi connectivity index (χ3n) is 14.9. The first-order valence-corrected chi connectivity index (χ1v) is 25.7. The summed E-state index contributed by atoms with van der Waals surface area (Å²) in [4.78, 5) is 33.9. The summed E-state index contributed by atoms with van der Waals surface area (Å²) in [5, 5.41) is 26.1. The first kappa shape index (κ1) is 45.1. The molecule has 0 saturated carbocycles. The fraction of sp³-hybridized carbons (Fsp3) is 0.382. The summed E-state index contributed by atoms with van der Waals surface area (Å²) in [5.74, 6) is -1.32. The summed E-state index contributed by atoms with van der Waals surface area (Å²) in [7, 11) is -4.06. The molecule has 0 radical (unpaired) electrons. The van der Waals surface area contributed by atoms with Crippen LogP contribution in [0, 0.1) is 17.8 Å². The minimum Gasteiger partial charge on any atom is -0.507 e. The van der Waals surface area contributed by atoms with Crippen LogP contribution in [-0.2, 0) is 25.2 Å². The van der Waals surface area contributed by atoms with Crippen LogP contribution in [0.3, 0.4) is 0 Å². The van der Waals surface area contributed by atoms with Gasteiger partial charge in [0, 0.05) is 31.1 Å². The lowest BCUT2D eigenvalue weighted by molar-refractivity contribution is -0.144. The smallest absolute Gasteiger partial charge is 0.455 e. The number of fused-ring (bicyclic) bond motifs is 4. The molecule has 0 aromatic heterocycles. The van der Waals surface area contributed by atoms with Crippen LogP contribution in [0.1, 0.15) is 77.3 Å². The highest BCUT2D eigenvalue weighted by molar-refractivity contribution is 6.99. The highest BCUT2D eigenvalue weighted by atomic mass is 28.4. The number of imide groups is 1. The number of hydrogen-bond donors (Lipinski definition) is 2. The van der Waals surface area contributed by atoms with Crippen LogP contribution in [0.2, 0.25) is 11.4 Å². The second-order valence-electron chi connectivity index (χ2n) is 19.7. The van der Waals surface area contributed by atoms with E-state index in [-0.39, 0.29) is 40.9 Å². The molecule has 3 fully saturated rings. The lowest BCUT2D eigenvalue weighted by atomic mass is 9.58. The summed E-state index contributed by atoms with van der Waals surface area (Å²) in [6, 6.07) is 43.2. The molecule has 3 saturated heterocycles. The Morgan fingerprint density at radius 2 is 1.43 bits per heavy atom. The van der Waals surface area contributed by atoms with E-state index in [0.29, 0.717) is 25.9 Å². The summed E-state index contributed by atoms with van der Waals surface area (Å²) in [6.45, 7) is 11.8. The predicted octanol–water partition coefficient (Wildman–Crippen LogP) is 9.16. The van der Waals surface area contributed by atoms with Gasteiger partial charge in [-0.1, -0.05) is 161 Å². The Hall–Kier alpha value is -5.10. The monoisotopic (exact) mass is 886 g/mol. The van der Waals surface area contributed by atoms with Crippen LogP contribution < -0.4 is 10.4 Å². The molecule has 3 aliphatic heterocycles. The standard InChI is InChI=1S/C55H63BN2O6Si/c1-5-38(33-40-26-27-49(59)46-24-16-15-23-45(40)46)25-28-50-51-41(37-63-65(55(2,3)4,43-19-11-7-12-20-43)44-21-13-8-14-22-44)34-47-52(48(51)35-56(62)64-50)54(61)58(53(47)60)42-29-31-57(32-30-42)36-39-17-9-6-10-18-39/h6-24,26-27,33,42,47-48,50,52,59,62H,5,25,28-32,34-37H2,1-4H3/b38-33+/t47-,48+,50-,52-/m1/s1. The number of amides is 2. The highest BCUT2D eigenvalue weighted by Gasteiger charge is 2.59. The average Bonchev–Trinajstić information content (AvgIpc) is 3.57. The molecule has 65 heavy (non-hydrogen) atoms. The molecule has 9 rings (SSSR count). The molecule has 0 spiro atoms. The Morgan fingerprint density at radius 3 is 2.06 bits per heavy atom. The van der Waals surface area contributed by atoms with Gasteiger partial charge in [0.2, 0.25) is 11.8 Å². The zero-order chi connectivity index (χ0) is 45.3. The minimum atomic E-state index is -2.99. The van der Waals surface area contributed by atoms with E-state index in [2.05, 4.69) is 111 Å². The number of allylic oxidation sites excluding steroid dienone is 1. The zero-order valence-corrected chi connectivity index (χ0v) is 39.4. The van der Waals surface area contributed by atoms with Gasteiger partial charge in [-0.05, 0) is 99.9 Å². The van der Waals surface area contributed by atoms with E-state index in [0.717, 1.165) is 66.4 Å². The Labute approximate surface area is 386 Å². The van der Waals surface area contributed by atoms with E-state index < -0.39 is 33.4 Å². The fourth-order valence-electron chi connectivity index (χ4n) is 11.7. The number of carbonyl (C=O) groups excluding carboxylic acids is 2. The van der Waals surface area contributed by atoms with Gasteiger partial charge in [0.15, 0.2) is 0 Å². The zero-order valence-electron chi connectivity index (χ0n) is 38.4. The largest absolute Gasteiger partial charge is 0.507 e. The summed E-state index contributed by atoms with van der Waals surface area (Å²) >= 11 is 0. The summed E-state index contributed by atoms with van der Waals surface area (Å²) in [5.41, 5.74) is 5.60. The molecule has 8 nitrogen and oxygen atoms in total. The van der Waals surface area contributed by atoms with Crippen molar-refractivity contribution in [2.24, 2.45) is 17.8 Å². The maximum absolute atomic E-state index is 15.0. The van der Waals surface area contributed by atoms with Crippen molar-refractivity contribution in [1.82, 2.24) is 9.80 Å². The number of rotatable bonds is 13. The van der Waals surface area contributed by atoms with Gasteiger partial charge in [-0.15, -0.1) is 0 Å². The first-order valence-electron chi connectivity index (χ1n) is 23.8. The number of benzene rings is 5. The van der Waals surface area contributed by atoms with Gasteiger partial charge in [-0.2, -0.15) is 0 Å². The number of phenols is 1. The molecule has 4 aliphatic rings. The maximum Gasteiger partial charge on any atom is 0.455 e. The van der Waals surface area contributed by atoms with Crippen molar-refractivity contribution in [1.29, 1.82) is 0 Å². The number of carbonyl (C=O) groups is 2. The third kappa shape index (κ3) is 8.84. The normalized spacial score (nSPS) is 22.4. The van der Waals surface area contributed by atoms with E-state index in [4.69, 9.17) is 9.08 Å². The van der Waals surface area contributed by atoms with Crippen LogP contribution in [0.25, 0.3) is 16.8 Å². The van der Waals surface area contributed by atoms with Crippen LogP contribution in [0.5, 0.6) is 5.75 Å². The van der Waals surface area contributed by atoms with Crippen molar-refractivity contribution in [2.45, 2.75) is 96.3 Å². The number of phenolic OH excluding ortho intramolecular Hbond substituents is 1. The fourth-order valence-corrected chi connectivity index (χ4v) is 16.3. The van der Waals surface area contributed by atoms with Crippen molar-refractivity contribution in [2.75, 3.05) is 19.7 Å². The molecule has 4 atom stereocenters. The van der Waals surface area contributed by atoms with Gasteiger partial charge >= 0.3 is 7.12 Å². The molecule has 0 bridgehead atoms. The maximum atomic E-state index is 15.0. The first-order chi connectivity index (χ1) is 31.5. The topological polar surface area (TPSA) is 99.5 Å². The molecule has 3 heterocycles. The number of piperidine rings is 1. The van der Waals surface area contributed by atoms with E-state index in [9.17, 15) is 19.7 Å². The van der Waals surface area contributed by atoms with Gasteiger partial charge in [-0.25, -0.2) is 0 Å². The Balaban J connectivity index is 1.06. The molecule has 10 heteroatoms. The van der Waals surface area contributed by atoms with E-state index in [1.54, 1.807) is 11.0 Å². The van der Waals surface area contributed by atoms with E-state index >= 15 is 0 Å². The molecule has 5 aromatic carbocycles. The van der Waals surface area contributed by atoms with E-state index in [1.165, 1.54) is 21.5 Å². The quantitative estimate of drug-likeness (QED) is 0.0692. The molecule has 336 valence electrons. The van der Waals surface area contributed by atoms with Crippen molar-refractivity contribution >= 4 is 54.5 Å². The van der Waals surface area contributed by atoms with Crippen molar-refractivity contribution in [3.63, 3.8) is 0 Å². The van der Waals surface area contributed by atoms with Gasteiger partial charge in [0.25, 0.3) is 8.32 Å².